The van der Waals surface area contributed by atoms with Crippen LogP contribution in [0.3, 0.4) is 0 Å². The minimum absolute atomic E-state index is 0.0684. The first-order valence-electron chi connectivity index (χ1n) is 13.6. The Morgan fingerprint density at radius 1 is 0.488 bits per heavy atom. The van der Waals surface area contributed by atoms with Crippen molar-refractivity contribution in [2.75, 3.05) is 0 Å². The summed E-state index contributed by atoms with van der Waals surface area (Å²) in [4.78, 5) is 19.2. The highest BCUT2D eigenvalue weighted by Crippen LogP contribution is 2.47. The molecule has 0 amide bonds. The monoisotopic (exact) mass is 547 g/mol. The summed E-state index contributed by atoms with van der Waals surface area (Å²) in [7, 11) is 0. The molecule has 41 heavy (non-hydrogen) atoms. The van der Waals surface area contributed by atoms with Crippen LogP contribution in [0.25, 0.3) is 32.6 Å². The topological polar surface area (TPSA) is 55.7 Å². The van der Waals surface area contributed by atoms with Crippen LogP contribution in [0.1, 0.15) is 12.7 Å². The highest BCUT2D eigenvalue weighted by molar-refractivity contribution is 7.96. The van der Waals surface area contributed by atoms with Gasteiger partial charge in [-0.25, -0.2) is 4.98 Å². The van der Waals surface area contributed by atoms with Gasteiger partial charge in [0.1, 0.15) is 11.0 Å². The molecule has 5 heteroatoms. The normalized spacial score (nSPS) is 11.6. The summed E-state index contributed by atoms with van der Waals surface area (Å²) in [5.41, 5.74) is 1.48. The molecule has 196 valence electrons. The van der Waals surface area contributed by atoms with Gasteiger partial charge in [-0.3, -0.25) is 4.79 Å². The predicted molar refractivity (Wildman–Crippen MR) is 172 cm³/mol. The van der Waals surface area contributed by atoms with Gasteiger partial charge < -0.3 is 0 Å². The lowest BCUT2D eigenvalue weighted by Crippen LogP contribution is -2.34. The third-order valence-electron chi connectivity index (χ3n) is 7.65. The third kappa shape index (κ3) is 3.99. The standard InChI is InChI=1S/C36H26N3OP/c1-25(40)35(36-37-33-31-23-13-11-21-29(31)30-22-12-14-24-32(30)34(33)38-39-36)41(26-15-5-2-6-16-26,27-17-7-3-8-18-27)28-19-9-4-10-20-28/h2-24H,1H3. The van der Waals surface area contributed by atoms with Gasteiger partial charge in [-0.2, -0.15) is 0 Å². The molecule has 0 saturated carbocycles. The minimum atomic E-state index is -2.73. The van der Waals surface area contributed by atoms with Crippen molar-refractivity contribution in [1.82, 2.24) is 15.2 Å². The van der Waals surface area contributed by atoms with Gasteiger partial charge >= 0.3 is 0 Å². The molecular weight excluding hydrogens is 521 g/mol. The first-order valence-corrected chi connectivity index (χ1v) is 15.4. The van der Waals surface area contributed by atoms with E-state index in [-0.39, 0.29) is 5.78 Å². The summed E-state index contributed by atoms with van der Waals surface area (Å²) < 4.78 is 0. The highest BCUT2D eigenvalue weighted by atomic mass is 31.2. The number of hydrogen-bond acceptors (Lipinski definition) is 4. The number of benzene rings is 6. The second-order valence-electron chi connectivity index (χ2n) is 10.0. The Bertz CT molecular complexity index is 1990. The predicted octanol–water partition coefficient (Wildman–Crippen LogP) is 6.43. The summed E-state index contributed by atoms with van der Waals surface area (Å²) in [6.45, 7) is -1.10. The van der Waals surface area contributed by atoms with Crippen LogP contribution in [0.5, 0.6) is 0 Å². The summed E-state index contributed by atoms with van der Waals surface area (Å²) in [6.07, 6.45) is 0. The Kier molecular flexibility index (Phi) is 6.26. The van der Waals surface area contributed by atoms with E-state index in [0.717, 1.165) is 48.5 Å². The zero-order chi connectivity index (χ0) is 27.8. The van der Waals surface area contributed by atoms with Crippen molar-refractivity contribution in [2.24, 2.45) is 0 Å². The molecule has 4 nitrogen and oxygen atoms in total. The number of carbonyl (C=O) groups excluding carboxylic acids is 1. The van der Waals surface area contributed by atoms with Crippen molar-refractivity contribution in [2.45, 2.75) is 6.92 Å². The SMILES string of the molecule is CC(=O)C(c1nnc2c3ccccc3c3ccccc3c2n1)=P(c1ccccc1)(c1ccccc1)c1ccccc1. The molecule has 0 saturated heterocycles. The second kappa shape index (κ2) is 10.2. The first-order chi connectivity index (χ1) is 20.2. The molecule has 0 aliphatic rings. The van der Waals surface area contributed by atoms with Crippen LogP contribution in [0.4, 0.5) is 0 Å². The molecule has 0 aliphatic heterocycles. The molecule has 0 N–H and O–H groups in total. The van der Waals surface area contributed by atoms with E-state index in [0.29, 0.717) is 11.1 Å². The number of aromatic nitrogens is 3. The van der Waals surface area contributed by atoms with E-state index in [4.69, 9.17) is 15.2 Å². The van der Waals surface area contributed by atoms with Gasteiger partial charge in [-0.1, -0.05) is 140 Å². The average Bonchev–Trinajstić information content (AvgIpc) is 3.04. The Morgan fingerprint density at radius 2 is 0.878 bits per heavy atom. The molecule has 6 aromatic carbocycles. The van der Waals surface area contributed by atoms with E-state index in [1.165, 1.54) is 0 Å². The van der Waals surface area contributed by atoms with Crippen LogP contribution in [-0.2, 0) is 4.79 Å². The minimum Gasteiger partial charge on any atom is -0.294 e. The van der Waals surface area contributed by atoms with E-state index in [9.17, 15) is 4.79 Å². The molecular formula is C36H26N3OP. The van der Waals surface area contributed by atoms with Crippen LogP contribution >= 0.6 is 6.89 Å². The highest BCUT2D eigenvalue weighted by Gasteiger charge is 2.34. The Labute approximate surface area is 238 Å². The Hall–Kier alpha value is -4.92. The number of fused-ring (bicyclic) bond motifs is 6. The molecule has 0 unspecified atom stereocenters. The van der Waals surface area contributed by atoms with Gasteiger partial charge in [0.25, 0.3) is 0 Å². The van der Waals surface area contributed by atoms with E-state index >= 15 is 0 Å². The summed E-state index contributed by atoms with van der Waals surface area (Å²) in [5, 5.41) is 17.5. The lowest BCUT2D eigenvalue weighted by molar-refractivity contribution is -0.110. The maximum absolute atomic E-state index is 14.0. The maximum atomic E-state index is 14.0. The fourth-order valence-corrected chi connectivity index (χ4v) is 10.4. The van der Waals surface area contributed by atoms with Crippen LogP contribution < -0.4 is 15.9 Å². The van der Waals surface area contributed by atoms with E-state index in [1.807, 2.05) is 78.9 Å². The van der Waals surface area contributed by atoms with Crippen LogP contribution in [0.15, 0.2) is 140 Å². The van der Waals surface area contributed by atoms with Crippen LogP contribution in [0.2, 0.25) is 0 Å². The zero-order valence-corrected chi connectivity index (χ0v) is 23.4. The van der Waals surface area contributed by atoms with Crippen molar-refractivity contribution in [3.8, 4) is 0 Å². The molecule has 0 fully saturated rings. The lowest BCUT2D eigenvalue weighted by Gasteiger charge is -2.31. The van der Waals surface area contributed by atoms with Crippen molar-refractivity contribution in [1.29, 1.82) is 0 Å². The van der Waals surface area contributed by atoms with Gasteiger partial charge in [0.2, 0.25) is 0 Å². The summed E-state index contributed by atoms with van der Waals surface area (Å²) in [6, 6.07) is 47.4. The quantitative estimate of drug-likeness (QED) is 0.184. The number of carbonyl (C=O) groups is 1. The molecule has 7 rings (SSSR count). The van der Waals surface area contributed by atoms with Crippen molar-refractivity contribution in [3.63, 3.8) is 0 Å². The number of Topliss-reactive ketones (excluding diaryl/α,β-unsaturated/α-hetero) is 1. The molecule has 0 bridgehead atoms. The van der Waals surface area contributed by atoms with Crippen molar-refractivity contribution in [3.05, 3.63) is 145 Å². The lowest BCUT2D eigenvalue weighted by atomic mass is 10.00. The van der Waals surface area contributed by atoms with Gasteiger partial charge in [0.15, 0.2) is 11.6 Å². The number of hydrogen-bond donors (Lipinski definition) is 0. The molecule has 7 aromatic rings. The van der Waals surface area contributed by atoms with Crippen LogP contribution in [0, 0.1) is 0 Å². The molecule has 0 atom stereocenters. The number of ketones is 1. The number of rotatable bonds is 5. The first kappa shape index (κ1) is 25.1. The maximum Gasteiger partial charge on any atom is 0.187 e. The van der Waals surface area contributed by atoms with Gasteiger partial charge in [0.05, 0.1) is 5.29 Å². The number of nitrogens with zero attached hydrogens (tertiary/aromatic N) is 3. The molecule has 0 spiro atoms. The van der Waals surface area contributed by atoms with Crippen molar-refractivity contribution < 1.29 is 4.79 Å². The Balaban J connectivity index is 1.71. The smallest absolute Gasteiger partial charge is 0.187 e. The Morgan fingerprint density at radius 3 is 1.32 bits per heavy atom. The fourth-order valence-electron chi connectivity index (χ4n) is 5.98. The molecule has 0 radical (unpaired) electrons. The summed E-state index contributed by atoms with van der Waals surface area (Å²) in [5.74, 6) is 0.302. The average molecular weight is 548 g/mol. The summed E-state index contributed by atoms with van der Waals surface area (Å²) >= 11 is 0. The van der Waals surface area contributed by atoms with E-state index in [1.54, 1.807) is 6.92 Å². The molecule has 0 aliphatic carbocycles. The van der Waals surface area contributed by atoms with Crippen molar-refractivity contribution >= 4 is 66.5 Å². The molecule has 1 aromatic heterocycles. The van der Waals surface area contributed by atoms with Gasteiger partial charge in [-0.05, 0) is 40.5 Å². The second-order valence-corrected chi connectivity index (χ2v) is 13.3. The van der Waals surface area contributed by atoms with Crippen LogP contribution in [-0.4, -0.2) is 26.3 Å². The van der Waals surface area contributed by atoms with E-state index in [2.05, 4.69) is 60.7 Å². The largest absolute Gasteiger partial charge is 0.294 e. The fraction of sp³-hybridized carbons (Fsp3) is 0.0278. The van der Waals surface area contributed by atoms with Gasteiger partial charge in [-0.15, -0.1) is 10.2 Å². The third-order valence-corrected chi connectivity index (χ3v) is 12.1. The molecule has 1 heterocycles. The van der Waals surface area contributed by atoms with E-state index < -0.39 is 6.89 Å². The van der Waals surface area contributed by atoms with Gasteiger partial charge in [0, 0.05) is 10.8 Å². The zero-order valence-electron chi connectivity index (χ0n) is 22.5.